The lowest BCUT2D eigenvalue weighted by molar-refractivity contribution is -0.132. The fourth-order valence-corrected chi connectivity index (χ4v) is 5.60. The molecule has 2 aromatic heterocycles. The second-order valence-electron chi connectivity index (χ2n) is 7.46. The number of carbonyl (C=O) groups excluding carboxylic acids is 1. The third-order valence-corrected chi connectivity index (χ3v) is 6.99. The number of piperazine rings is 1. The van der Waals surface area contributed by atoms with Crippen LogP contribution in [0.4, 0.5) is 5.82 Å². The molecule has 6 nitrogen and oxygen atoms in total. The molecule has 0 aromatic carbocycles. The Kier molecular flexibility index (Phi) is 5.32. The minimum atomic E-state index is 0.240. The normalized spacial score (nSPS) is 17.5. The van der Waals surface area contributed by atoms with Crippen LogP contribution in [0.2, 0.25) is 0 Å². The summed E-state index contributed by atoms with van der Waals surface area (Å²) in [5.41, 5.74) is 1.49. The molecule has 0 N–H and O–H groups in total. The summed E-state index contributed by atoms with van der Waals surface area (Å²) >= 11 is 1.86. The largest absolute Gasteiger partial charge is 0.353 e. The van der Waals surface area contributed by atoms with Gasteiger partial charge in [-0.3, -0.25) is 9.69 Å². The number of rotatable bonds is 5. The van der Waals surface area contributed by atoms with Crippen molar-refractivity contribution < 1.29 is 4.79 Å². The quantitative estimate of drug-likeness (QED) is 0.789. The molecule has 27 heavy (non-hydrogen) atoms. The summed E-state index contributed by atoms with van der Waals surface area (Å²) < 4.78 is 0. The Morgan fingerprint density at radius 3 is 2.56 bits per heavy atom. The number of amides is 1. The van der Waals surface area contributed by atoms with E-state index in [4.69, 9.17) is 9.97 Å². The first-order valence-corrected chi connectivity index (χ1v) is 11.0. The molecular formula is C20H29N5OS. The summed E-state index contributed by atoms with van der Waals surface area (Å²) in [6.07, 6.45) is 3.61. The molecule has 1 aliphatic heterocycles. The number of anilines is 1. The number of fused-ring (bicyclic) bond motifs is 3. The van der Waals surface area contributed by atoms with Crippen molar-refractivity contribution >= 4 is 33.3 Å². The Bertz CT molecular complexity index is 836. The highest BCUT2D eigenvalue weighted by Crippen LogP contribution is 2.40. The number of thiophene rings is 1. The van der Waals surface area contributed by atoms with Gasteiger partial charge in [0.25, 0.3) is 0 Å². The first-order chi connectivity index (χ1) is 13.1. The number of likely N-dealkylation sites (N-methyl/N-ethyl adjacent to an activating group) is 1. The molecule has 1 aliphatic carbocycles. The smallest absolute Gasteiger partial charge is 0.236 e. The summed E-state index contributed by atoms with van der Waals surface area (Å²) in [6.45, 7) is 11.8. The van der Waals surface area contributed by atoms with Crippen molar-refractivity contribution in [2.45, 2.75) is 40.0 Å². The molecule has 0 saturated carbocycles. The predicted molar refractivity (Wildman–Crippen MR) is 111 cm³/mol. The number of carbonyl (C=O) groups is 1. The molecule has 1 fully saturated rings. The average molecular weight is 388 g/mol. The summed E-state index contributed by atoms with van der Waals surface area (Å²) in [5, 5.41) is 1.30. The van der Waals surface area contributed by atoms with Crippen molar-refractivity contribution in [3.05, 3.63) is 16.3 Å². The van der Waals surface area contributed by atoms with Crippen LogP contribution in [0.15, 0.2) is 0 Å². The van der Waals surface area contributed by atoms with Crippen LogP contribution in [0, 0.1) is 6.92 Å². The van der Waals surface area contributed by atoms with Crippen LogP contribution in [-0.4, -0.2) is 71.5 Å². The predicted octanol–water partition coefficient (Wildman–Crippen LogP) is 2.48. The third-order valence-electron chi connectivity index (χ3n) is 5.80. The van der Waals surface area contributed by atoms with Crippen LogP contribution in [0.25, 0.3) is 10.2 Å². The van der Waals surface area contributed by atoms with E-state index in [1.165, 1.54) is 28.7 Å². The molecular weight excluding hydrogens is 358 g/mol. The topological polar surface area (TPSA) is 52.6 Å². The first kappa shape index (κ1) is 18.6. The Balaban J connectivity index is 1.49. The zero-order chi connectivity index (χ0) is 19.0. The van der Waals surface area contributed by atoms with Crippen molar-refractivity contribution in [1.82, 2.24) is 19.8 Å². The summed E-state index contributed by atoms with van der Waals surface area (Å²) in [4.78, 5) is 31.2. The van der Waals surface area contributed by atoms with Gasteiger partial charge < -0.3 is 9.80 Å². The lowest BCUT2D eigenvalue weighted by atomic mass is 10.1. The highest BCUT2D eigenvalue weighted by Gasteiger charge is 2.27. The van der Waals surface area contributed by atoms with Crippen LogP contribution < -0.4 is 4.90 Å². The van der Waals surface area contributed by atoms with E-state index in [2.05, 4.69) is 9.80 Å². The number of aromatic nitrogens is 2. The minimum Gasteiger partial charge on any atom is -0.353 e. The van der Waals surface area contributed by atoms with Gasteiger partial charge in [-0.1, -0.05) is 0 Å². The van der Waals surface area contributed by atoms with Crippen molar-refractivity contribution in [3.8, 4) is 0 Å². The highest BCUT2D eigenvalue weighted by atomic mass is 32.1. The van der Waals surface area contributed by atoms with E-state index in [0.717, 1.165) is 62.2 Å². The maximum Gasteiger partial charge on any atom is 0.236 e. The highest BCUT2D eigenvalue weighted by molar-refractivity contribution is 7.19. The second-order valence-corrected chi connectivity index (χ2v) is 8.54. The average Bonchev–Trinajstić information content (AvgIpc) is 3.23. The van der Waals surface area contributed by atoms with E-state index < -0.39 is 0 Å². The lowest BCUT2D eigenvalue weighted by Crippen LogP contribution is -2.50. The number of nitrogens with zero attached hydrogens (tertiary/aromatic N) is 5. The van der Waals surface area contributed by atoms with Crippen molar-refractivity contribution in [2.24, 2.45) is 0 Å². The van der Waals surface area contributed by atoms with Gasteiger partial charge in [-0.2, -0.15) is 0 Å². The molecule has 3 heterocycles. The zero-order valence-electron chi connectivity index (χ0n) is 16.6. The third kappa shape index (κ3) is 3.55. The van der Waals surface area contributed by atoms with Gasteiger partial charge in [0.2, 0.25) is 5.91 Å². The van der Waals surface area contributed by atoms with Gasteiger partial charge in [-0.15, -0.1) is 11.3 Å². The maximum absolute atomic E-state index is 12.4. The molecule has 4 rings (SSSR count). The van der Waals surface area contributed by atoms with Gasteiger partial charge in [-0.25, -0.2) is 9.97 Å². The Hall–Kier alpha value is -1.73. The van der Waals surface area contributed by atoms with Crippen LogP contribution >= 0.6 is 11.3 Å². The maximum atomic E-state index is 12.4. The van der Waals surface area contributed by atoms with Crippen LogP contribution in [-0.2, 0) is 17.6 Å². The zero-order valence-corrected chi connectivity index (χ0v) is 17.4. The molecule has 0 atom stereocenters. The molecule has 146 valence electrons. The van der Waals surface area contributed by atoms with E-state index in [9.17, 15) is 4.79 Å². The summed E-state index contributed by atoms with van der Waals surface area (Å²) in [5.74, 6) is 2.22. The molecule has 0 radical (unpaired) electrons. The number of aryl methyl sites for hydroxylation is 3. The van der Waals surface area contributed by atoms with Crippen LogP contribution in [0.5, 0.6) is 0 Å². The molecule has 0 unspecified atom stereocenters. The van der Waals surface area contributed by atoms with Gasteiger partial charge in [-0.05, 0) is 45.6 Å². The van der Waals surface area contributed by atoms with Crippen LogP contribution in [0.3, 0.4) is 0 Å². The lowest BCUT2D eigenvalue weighted by Gasteiger charge is -2.36. The fourth-order valence-electron chi connectivity index (χ4n) is 4.29. The van der Waals surface area contributed by atoms with E-state index in [1.807, 2.05) is 37.0 Å². The SMILES string of the molecule is CCN(CC)C(=O)CN1CCN(c2nc(C)nc3sc4c(c23)CCC4)CC1. The molecule has 1 amide bonds. The van der Waals surface area contributed by atoms with Crippen molar-refractivity contribution in [2.75, 3.05) is 50.7 Å². The fraction of sp³-hybridized carbons (Fsp3) is 0.650. The Morgan fingerprint density at radius 1 is 1.11 bits per heavy atom. The first-order valence-electron chi connectivity index (χ1n) is 10.1. The number of hydrogen-bond acceptors (Lipinski definition) is 6. The van der Waals surface area contributed by atoms with Gasteiger partial charge in [0.15, 0.2) is 0 Å². The van der Waals surface area contributed by atoms with Crippen LogP contribution in [0.1, 0.15) is 36.5 Å². The van der Waals surface area contributed by atoms with Crippen molar-refractivity contribution in [3.63, 3.8) is 0 Å². The minimum absolute atomic E-state index is 0.240. The molecule has 7 heteroatoms. The Labute approximate surface area is 165 Å². The molecule has 0 bridgehead atoms. The van der Waals surface area contributed by atoms with Crippen molar-refractivity contribution in [1.29, 1.82) is 0 Å². The molecule has 1 saturated heterocycles. The van der Waals surface area contributed by atoms with Gasteiger partial charge >= 0.3 is 0 Å². The standard InChI is InChI=1S/C20H29N5OS/c1-4-24(5-2)17(26)13-23-9-11-25(12-10-23)19-18-15-7-6-8-16(15)27-20(18)22-14(3)21-19/h4-13H2,1-3H3. The van der Waals surface area contributed by atoms with Gasteiger partial charge in [0, 0.05) is 44.1 Å². The monoisotopic (exact) mass is 387 g/mol. The van der Waals surface area contributed by atoms with E-state index >= 15 is 0 Å². The van der Waals surface area contributed by atoms with E-state index in [1.54, 1.807) is 0 Å². The summed E-state index contributed by atoms with van der Waals surface area (Å²) in [7, 11) is 0. The summed E-state index contributed by atoms with van der Waals surface area (Å²) in [6, 6.07) is 0. The van der Waals surface area contributed by atoms with Gasteiger partial charge in [0.1, 0.15) is 16.5 Å². The number of hydrogen-bond donors (Lipinski definition) is 0. The van der Waals surface area contributed by atoms with Gasteiger partial charge in [0.05, 0.1) is 11.9 Å². The second kappa shape index (κ2) is 7.72. The molecule has 2 aliphatic rings. The molecule has 2 aromatic rings. The van der Waals surface area contributed by atoms with E-state index in [-0.39, 0.29) is 5.91 Å². The molecule has 0 spiro atoms. The van der Waals surface area contributed by atoms with E-state index in [0.29, 0.717) is 6.54 Å². The Morgan fingerprint density at radius 2 is 1.85 bits per heavy atom.